The van der Waals surface area contributed by atoms with Crippen molar-refractivity contribution in [2.45, 2.75) is 12.8 Å². The summed E-state index contributed by atoms with van der Waals surface area (Å²) in [5, 5.41) is 11.0. The summed E-state index contributed by atoms with van der Waals surface area (Å²) in [5.74, 6) is -0.329. The zero-order chi connectivity index (χ0) is 12.9. The topological polar surface area (TPSA) is 45.0 Å². The molecule has 3 nitrogen and oxygen atoms in total. The molecule has 0 aliphatic carbocycles. The smallest absolute Gasteiger partial charge is 0.404 e. The Morgan fingerprint density at radius 3 is 2.71 bits per heavy atom. The molecule has 0 aromatic heterocycles. The van der Waals surface area contributed by atoms with Crippen LogP contribution in [0.25, 0.3) is 0 Å². The molecule has 0 fully saturated rings. The summed E-state index contributed by atoms with van der Waals surface area (Å²) < 4.78 is 40.7. The Hall–Kier alpha value is -1.42. The van der Waals surface area contributed by atoms with Crippen LogP contribution in [-0.4, -0.2) is 12.9 Å². The molecule has 0 radical (unpaired) electrons. The van der Waals surface area contributed by atoms with Crippen molar-refractivity contribution in [1.82, 2.24) is 0 Å². The van der Waals surface area contributed by atoms with Gasteiger partial charge in [0.1, 0.15) is 0 Å². The SMILES string of the molecule is N#CCCNc1ccc(Br)cc1OC(F)(F)F. The van der Waals surface area contributed by atoms with E-state index in [0.717, 1.165) is 0 Å². The Kier molecular flexibility index (Phi) is 4.63. The van der Waals surface area contributed by atoms with Crippen molar-refractivity contribution in [3.8, 4) is 11.8 Å². The van der Waals surface area contributed by atoms with Gasteiger partial charge in [0.2, 0.25) is 0 Å². The van der Waals surface area contributed by atoms with Gasteiger partial charge in [-0.25, -0.2) is 0 Å². The van der Waals surface area contributed by atoms with Crippen LogP contribution >= 0.6 is 15.9 Å². The van der Waals surface area contributed by atoms with E-state index in [2.05, 4.69) is 26.0 Å². The number of ether oxygens (including phenoxy) is 1. The summed E-state index contributed by atoms with van der Waals surface area (Å²) in [5.41, 5.74) is 0.195. The predicted molar refractivity (Wildman–Crippen MR) is 59.5 cm³/mol. The third kappa shape index (κ3) is 4.95. The highest BCUT2D eigenvalue weighted by Gasteiger charge is 2.32. The second-order valence-electron chi connectivity index (χ2n) is 3.02. The standard InChI is InChI=1S/C10H8BrF3N2O/c11-7-2-3-8(16-5-1-4-15)9(6-7)17-10(12,13)14/h2-3,6,16H,1,5H2. The monoisotopic (exact) mass is 308 g/mol. The van der Waals surface area contributed by atoms with Crippen LogP contribution in [-0.2, 0) is 0 Å². The van der Waals surface area contributed by atoms with Gasteiger partial charge in [0.05, 0.1) is 18.2 Å². The summed E-state index contributed by atoms with van der Waals surface area (Å²) >= 11 is 3.06. The average Bonchev–Trinajstić information content (AvgIpc) is 2.19. The molecular weight excluding hydrogens is 301 g/mol. The van der Waals surface area contributed by atoms with Crippen LogP contribution in [0.3, 0.4) is 0 Å². The van der Waals surface area contributed by atoms with Crippen molar-refractivity contribution in [3.63, 3.8) is 0 Å². The number of hydrogen-bond acceptors (Lipinski definition) is 3. The summed E-state index contributed by atoms with van der Waals surface area (Å²) in [4.78, 5) is 0. The van der Waals surface area contributed by atoms with Crippen LogP contribution in [0.4, 0.5) is 18.9 Å². The fourth-order valence-electron chi connectivity index (χ4n) is 1.10. The first-order valence-corrected chi connectivity index (χ1v) is 5.38. The molecule has 0 spiro atoms. The largest absolute Gasteiger partial charge is 0.573 e. The van der Waals surface area contributed by atoms with Crippen LogP contribution in [0.2, 0.25) is 0 Å². The fourth-order valence-corrected chi connectivity index (χ4v) is 1.44. The lowest BCUT2D eigenvalue weighted by Crippen LogP contribution is -2.18. The van der Waals surface area contributed by atoms with Crippen molar-refractivity contribution >= 4 is 21.6 Å². The molecule has 0 bridgehead atoms. The van der Waals surface area contributed by atoms with Gasteiger partial charge < -0.3 is 10.1 Å². The minimum absolute atomic E-state index is 0.195. The maximum Gasteiger partial charge on any atom is 0.573 e. The lowest BCUT2D eigenvalue weighted by molar-refractivity contribution is -0.274. The molecule has 1 aromatic carbocycles. The number of nitrogens with zero attached hydrogens (tertiary/aromatic N) is 1. The highest BCUT2D eigenvalue weighted by atomic mass is 79.9. The van der Waals surface area contributed by atoms with Crippen LogP contribution in [0.15, 0.2) is 22.7 Å². The van der Waals surface area contributed by atoms with Crippen molar-refractivity contribution in [1.29, 1.82) is 5.26 Å². The number of hydrogen-bond donors (Lipinski definition) is 1. The Morgan fingerprint density at radius 1 is 1.41 bits per heavy atom. The van der Waals surface area contributed by atoms with E-state index in [1.807, 2.05) is 6.07 Å². The molecule has 1 N–H and O–H groups in total. The Morgan fingerprint density at radius 2 is 2.12 bits per heavy atom. The predicted octanol–water partition coefficient (Wildman–Crippen LogP) is 3.67. The number of alkyl halides is 3. The molecule has 0 atom stereocenters. The highest BCUT2D eigenvalue weighted by molar-refractivity contribution is 9.10. The van der Waals surface area contributed by atoms with Gasteiger partial charge in [0.25, 0.3) is 0 Å². The third-order valence-corrected chi connectivity index (χ3v) is 2.21. The van der Waals surface area contributed by atoms with E-state index in [1.54, 1.807) is 6.07 Å². The maximum absolute atomic E-state index is 12.1. The first-order chi connectivity index (χ1) is 7.92. The molecular formula is C10H8BrF3N2O. The quantitative estimate of drug-likeness (QED) is 0.863. The number of nitriles is 1. The number of anilines is 1. The number of benzene rings is 1. The molecule has 0 amide bonds. The summed E-state index contributed by atoms with van der Waals surface area (Å²) in [6, 6.07) is 6.12. The first-order valence-electron chi connectivity index (χ1n) is 4.58. The van der Waals surface area contributed by atoms with Gasteiger partial charge in [-0.3, -0.25) is 0 Å². The van der Waals surface area contributed by atoms with E-state index >= 15 is 0 Å². The number of rotatable bonds is 4. The van der Waals surface area contributed by atoms with E-state index in [-0.39, 0.29) is 24.4 Å². The Bertz CT molecular complexity index is 429. The first kappa shape index (κ1) is 13.6. The zero-order valence-corrected chi connectivity index (χ0v) is 10.1. The van der Waals surface area contributed by atoms with E-state index in [1.165, 1.54) is 12.1 Å². The zero-order valence-electron chi connectivity index (χ0n) is 8.51. The van der Waals surface area contributed by atoms with Gasteiger partial charge in [0, 0.05) is 11.0 Å². The molecule has 17 heavy (non-hydrogen) atoms. The van der Waals surface area contributed by atoms with Crippen molar-refractivity contribution in [3.05, 3.63) is 22.7 Å². The van der Waals surface area contributed by atoms with Gasteiger partial charge in [-0.15, -0.1) is 13.2 Å². The molecule has 0 saturated carbocycles. The summed E-state index contributed by atoms with van der Waals surface area (Å²) in [6.45, 7) is 0.256. The molecule has 7 heteroatoms. The lowest BCUT2D eigenvalue weighted by atomic mass is 10.3. The molecule has 92 valence electrons. The normalized spacial score (nSPS) is 10.8. The van der Waals surface area contributed by atoms with E-state index in [4.69, 9.17) is 5.26 Å². The lowest BCUT2D eigenvalue weighted by Gasteiger charge is -2.14. The maximum atomic E-state index is 12.1. The van der Waals surface area contributed by atoms with E-state index < -0.39 is 6.36 Å². The Balaban J connectivity index is 2.85. The van der Waals surface area contributed by atoms with Gasteiger partial charge in [-0.2, -0.15) is 5.26 Å². The van der Waals surface area contributed by atoms with Gasteiger partial charge in [-0.1, -0.05) is 15.9 Å². The fraction of sp³-hybridized carbons (Fsp3) is 0.300. The molecule has 0 unspecified atom stereocenters. The van der Waals surface area contributed by atoms with E-state index in [9.17, 15) is 13.2 Å². The van der Waals surface area contributed by atoms with E-state index in [0.29, 0.717) is 4.47 Å². The summed E-state index contributed by atoms with van der Waals surface area (Å²) in [6.07, 6.45) is -4.55. The van der Waals surface area contributed by atoms with Gasteiger partial charge >= 0.3 is 6.36 Å². The third-order valence-electron chi connectivity index (χ3n) is 1.72. The van der Waals surface area contributed by atoms with Crippen molar-refractivity contribution < 1.29 is 17.9 Å². The molecule has 0 heterocycles. The molecule has 0 aliphatic rings. The van der Waals surface area contributed by atoms with Crippen LogP contribution in [0, 0.1) is 11.3 Å². The average molecular weight is 309 g/mol. The van der Waals surface area contributed by atoms with Crippen LogP contribution in [0.1, 0.15) is 6.42 Å². The number of halogens is 4. The highest BCUT2D eigenvalue weighted by Crippen LogP contribution is 2.32. The van der Waals surface area contributed by atoms with Crippen molar-refractivity contribution in [2.24, 2.45) is 0 Å². The van der Waals surface area contributed by atoms with Crippen molar-refractivity contribution in [2.75, 3.05) is 11.9 Å². The molecule has 1 rings (SSSR count). The second-order valence-corrected chi connectivity index (χ2v) is 3.94. The minimum Gasteiger partial charge on any atom is -0.404 e. The molecule has 0 saturated heterocycles. The van der Waals surface area contributed by atoms with Gasteiger partial charge in [0.15, 0.2) is 5.75 Å². The summed E-state index contributed by atoms with van der Waals surface area (Å²) in [7, 11) is 0. The van der Waals surface area contributed by atoms with Gasteiger partial charge in [-0.05, 0) is 18.2 Å². The molecule has 0 aliphatic heterocycles. The number of nitrogens with one attached hydrogen (secondary N) is 1. The second kappa shape index (κ2) is 5.77. The van der Waals surface area contributed by atoms with Crippen LogP contribution in [0.5, 0.6) is 5.75 Å². The molecule has 1 aromatic rings. The Labute approximate surface area is 104 Å². The van der Waals surface area contributed by atoms with Crippen LogP contribution < -0.4 is 10.1 Å². The minimum atomic E-state index is -4.74.